The van der Waals surface area contributed by atoms with E-state index >= 15 is 0 Å². The van der Waals surface area contributed by atoms with Gasteiger partial charge in [0.1, 0.15) is 0 Å². The van der Waals surface area contributed by atoms with Gasteiger partial charge in [-0.05, 0) is 106 Å². The van der Waals surface area contributed by atoms with Crippen molar-refractivity contribution < 1.29 is 0 Å². The molecule has 0 N–H and O–H groups in total. The Labute approximate surface area is 315 Å². The first-order valence-electron chi connectivity index (χ1n) is 19.6. The molecule has 0 unspecified atom stereocenters. The molecule has 0 amide bonds. The van der Waals surface area contributed by atoms with E-state index in [2.05, 4.69) is 115 Å². The highest BCUT2D eigenvalue weighted by Crippen LogP contribution is 2.70. The Kier molecular flexibility index (Phi) is 6.49. The fourth-order valence-electron chi connectivity index (χ4n) is 11.6. The molecule has 0 atom stereocenters. The van der Waals surface area contributed by atoms with Crippen LogP contribution in [0.15, 0.2) is 146 Å². The molecule has 13 rings (SSSR count). The summed E-state index contributed by atoms with van der Waals surface area (Å²) in [5, 5.41) is 3.93. The second-order valence-electron chi connectivity index (χ2n) is 16.3. The molecule has 4 heteroatoms. The molecule has 4 fully saturated rings. The lowest BCUT2D eigenvalue weighted by atomic mass is 9.43. The molecule has 54 heavy (non-hydrogen) atoms. The highest BCUT2D eigenvalue weighted by molar-refractivity contribution is 5.99. The molecule has 0 aliphatic heterocycles. The van der Waals surface area contributed by atoms with Crippen molar-refractivity contribution in [1.29, 1.82) is 0 Å². The van der Waals surface area contributed by atoms with Crippen molar-refractivity contribution in [3.63, 3.8) is 0 Å². The fourth-order valence-corrected chi connectivity index (χ4v) is 11.6. The van der Waals surface area contributed by atoms with Crippen LogP contribution in [0.25, 0.3) is 78.1 Å². The van der Waals surface area contributed by atoms with E-state index in [1.165, 1.54) is 54.0 Å². The van der Waals surface area contributed by atoms with E-state index in [0.29, 0.717) is 29.3 Å². The van der Waals surface area contributed by atoms with E-state index in [1.54, 1.807) is 11.1 Å². The summed E-state index contributed by atoms with van der Waals surface area (Å²) in [6.45, 7) is 0. The molecule has 0 radical (unpaired) electrons. The lowest BCUT2D eigenvalue weighted by Crippen LogP contribution is -2.55. The van der Waals surface area contributed by atoms with Crippen molar-refractivity contribution >= 4 is 21.7 Å². The number of rotatable bonds is 4. The zero-order valence-corrected chi connectivity index (χ0v) is 30.0. The average Bonchev–Trinajstić information content (AvgIpc) is 3.53. The van der Waals surface area contributed by atoms with Crippen LogP contribution in [0, 0.1) is 23.7 Å². The SMILES string of the molecule is c1ccc(-c2nc(-c3ccc(-c4cccc5cccnc45)cc3)nc(-c3ccc4c(c3)-c3ccc5ccccc5c3C43C4CC5CC(C4)CC3C5)n2)cc1. The van der Waals surface area contributed by atoms with Gasteiger partial charge in [0.2, 0.25) is 0 Å². The lowest BCUT2D eigenvalue weighted by molar-refractivity contribution is -0.0393. The van der Waals surface area contributed by atoms with Gasteiger partial charge in [0.15, 0.2) is 17.5 Å². The number of benzene rings is 6. The van der Waals surface area contributed by atoms with Crippen molar-refractivity contribution in [2.45, 2.75) is 37.5 Å². The van der Waals surface area contributed by atoms with Gasteiger partial charge in [-0.1, -0.05) is 127 Å². The molecule has 4 saturated carbocycles. The van der Waals surface area contributed by atoms with Crippen molar-refractivity contribution in [2.75, 3.05) is 0 Å². The lowest BCUT2D eigenvalue weighted by Gasteiger charge is -2.61. The molecule has 0 saturated heterocycles. The van der Waals surface area contributed by atoms with E-state index < -0.39 is 0 Å². The zero-order chi connectivity index (χ0) is 35.4. The Morgan fingerprint density at radius 1 is 0.444 bits per heavy atom. The van der Waals surface area contributed by atoms with E-state index in [0.717, 1.165) is 50.6 Å². The van der Waals surface area contributed by atoms with Gasteiger partial charge in [-0.3, -0.25) is 4.98 Å². The summed E-state index contributed by atoms with van der Waals surface area (Å²) in [7, 11) is 0. The Morgan fingerprint density at radius 2 is 1.07 bits per heavy atom. The fraction of sp³-hybridized carbons (Fsp3) is 0.200. The Bertz CT molecular complexity index is 2750. The number of nitrogens with zero attached hydrogens (tertiary/aromatic N) is 4. The summed E-state index contributed by atoms with van der Waals surface area (Å²) in [5.74, 6) is 5.26. The van der Waals surface area contributed by atoms with E-state index in [9.17, 15) is 0 Å². The van der Waals surface area contributed by atoms with Crippen molar-refractivity contribution in [2.24, 2.45) is 23.7 Å². The van der Waals surface area contributed by atoms with E-state index in [-0.39, 0.29) is 5.41 Å². The molecule has 8 aromatic rings. The van der Waals surface area contributed by atoms with Gasteiger partial charge in [-0.2, -0.15) is 0 Å². The summed E-state index contributed by atoms with van der Waals surface area (Å²) in [6, 6.07) is 50.4. The van der Waals surface area contributed by atoms with Crippen molar-refractivity contribution in [3.05, 3.63) is 157 Å². The van der Waals surface area contributed by atoms with Crippen LogP contribution >= 0.6 is 0 Å². The predicted molar refractivity (Wildman–Crippen MR) is 218 cm³/mol. The van der Waals surface area contributed by atoms with Crippen LogP contribution in [0.3, 0.4) is 0 Å². The number of para-hydroxylation sites is 1. The van der Waals surface area contributed by atoms with Crippen LogP contribution in [0.4, 0.5) is 0 Å². The van der Waals surface area contributed by atoms with Gasteiger partial charge in [0, 0.05) is 39.3 Å². The van der Waals surface area contributed by atoms with Gasteiger partial charge >= 0.3 is 0 Å². The molecule has 5 aliphatic carbocycles. The van der Waals surface area contributed by atoms with Crippen LogP contribution in [0.5, 0.6) is 0 Å². The highest BCUT2D eigenvalue weighted by Gasteiger charge is 2.62. The maximum Gasteiger partial charge on any atom is 0.164 e. The smallest absolute Gasteiger partial charge is 0.164 e. The minimum atomic E-state index is 0.0816. The first-order chi connectivity index (χ1) is 26.7. The third-order valence-electron chi connectivity index (χ3n) is 13.5. The summed E-state index contributed by atoms with van der Waals surface area (Å²) in [5.41, 5.74) is 12.2. The minimum absolute atomic E-state index is 0.0816. The molecule has 1 spiro atoms. The first-order valence-corrected chi connectivity index (χ1v) is 19.6. The average molecular weight is 695 g/mol. The number of aromatic nitrogens is 4. The first kappa shape index (κ1) is 30.5. The molecular formula is C50H38N4. The maximum absolute atomic E-state index is 5.23. The van der Waals surface area contributed by atoms with Crippen LogP contribution in [0.1, 0.15) is 43.2 Å². The number of hydrogen-bond acceptors (Lipinski definition) is 4. The maximum atomic E-state index is 5.23. The molecule has 4 bridgehead atoms. The third kappa shape index (κ3) is 4.37. The summed E-state index contributed by atoms with van der Waals surface area (Å²) in [4.78, 5) is 20.2. The molecular weight excluding hydrogens is 657 g/mol. The molecule has 4 nitrogen and oxygen atoms in total. The topological polar surface area (TPSA) is 51.6 Å². The third-order valence-corrected chi connectivity index (χ3v) is 13.5. The number of pyridine rings is 1. The number of fused-ring (bicyclic) bond motifs is 6. The second kappa shape index (κ2) is 11.5. The van der Waals surface area contributed by atoms with E-state index in [1.807, 2.05) is 30.5 Å². The van der Waals surface area contributed by atoms with Crippen LogP contribution in [-0.2, 0) is 5.41 Å². The zero-order valence-electron chi connectivity index (χ0n) is 30.0. The molecule has 2 aromatic heterocycles. The summed E-state index contributed by atoms with van der Waals surface area (Å²) < 4.78 is 0. The van der Waals surface area contributed by atoms with Crippen LogP contribution in [0.2, 0.25) is 0 Å². The Hall–Kier alpha value is -6.00. The van der Waals surface area contributed by atoms with Crippen LogP contribution < -0.4 is 0 Å². The molecule has 6 aromatic carbocycles. The van der Waals surface area contributed by atoms with Gasteiger partial charge in [0.25, 0.3) is 0 Å². The monoisotopic (exact) mass is 694 g/mol. The van der Waals surface area contributed by atoms with Crippen molar-refractivity contribution in [1.82, 2.24) is 19.9 Å². The highest BCUT2D eigenvalue weighted by atomic mass is 15.0. The summed E-state index contributed by atoms with van der Waals surface area (Å²) in [6.07, 6.45) is 8.77. The standard InChI is InChI=1S/C50H38N4/c1-2-9-35(10-3-1)47-52-48(36-17-15-33(16-18-36)41-14-6-11-34-12-7-23-51-46(34)41)54-49(53-47)37-20-22-44-43(29-37)42-21-19-32-8-4-5-13-40(32)45(42)50(44)38-25-30-24-31(27-38)28-39(50)26-30/h1-23,29-31,38-39H,24-28H2. The van der Waals surface area contributed by atoms with Gasteiger partial charge < -0.3 is 0 Å². The van der Waals surface area contributed by atoms with Gasteiger partial charge in [0.05, 0.1) is 5.52 Å². The molecule has 2 heterocycles. The largest absolute Gasteiger partial charge is 0.256 e. The summed E-state index contributed by atoms with van der Waals surface area (Å²) >= 11 is 0. The van der Waals surface area contributed by atoms with Crippen LogP contribution in [-0.4, -0.2) is 19.9 Å². The molecule has 258 valence electrons. The second-order valence-corrected chi connectivity index (χ2v) is 16.3. The normalized spacial score (nSPS) is 23.3. The molecule has 5 aliphatic rings. The quantitative estimate of drug-likeness (QED) is 0.184. The minimum Gasteiger partial charge on any atom is -0.256 e. The predicted octanol–water partition coefficient (Wildman–Crippen LogP) is 12.0. The Morgan fingerprint density at radius 3 is 1.85 bits per heavy atom. The van der Waals surface area contributed by atoms with Crippen molar-refractivity contribution in [3.8, 4) is 56.4 Å². The van der Waals surface area contributed by atoms with E-state index in [4.69, 9.17) is 19.9 Å². The van der Waals surface area contributed by atoms with Gasteiger partial charge in [-0.15, -0.1) is 0 Å². The number of hydrogen-bond donors (Lipinski definition) is 0. The van der Waals surface area contributed by atoms with Gasteiger partial charge in [-0.25, -0.2) is 15.0 Å². The Balaban J connectivity index is 1.02.